The van der Waals surface area contributed by atoms with Gasteiger partial charge in [-0.15, -0.1) is 0 Å². The van der Waals surface area contributed by atoms with Gasteiger partial charge in [0.1, 0.15) is 0 Å². The zero-order valence-corrected chi connectivity index (χ0v) is 10.8. The normalized spacial score (nSPS) is 12.5. The summed E-state index contributed by atoms with van der Waals surface area (Å²) in [4.78, 5) is 10.2. The van der Waals surface area contributed by atoms with Crippen molar-refractivity contribution in [2.75, 3.05) is 0 Å². The third kappa shape index (κ3) is 3.38. The van der Waals surface area contributed by atoms with E-state index in [1.165, 1.54) is 0 Å². The van der Waals surface area contributed by atoms with Crippen molar-refractivity contribution >= 4 is 16.3 Å². The highest BCUT2D eigenvalue weighted by Gasteiger charge is 2.10. The molecule has 0 saturated heterocycles. The molecule has 0 fully saturated rings. The lowest BCUT2D eigenvalue weighted by atomic mass is 10.3. The molecule has 0 aromatic carbocycles. The number of nitrogens with zero attached hydrogens (tertiary/aromatic N) is 3. The van der Waals surface area contributed by atoms with Crippen molar-refractivity contribution in [1.82, 2.24) is 15.1 Å². The van der Waals surface area contributed by atoms with Gasteiger partial charge in [0, 0.05) is 36.4 Å². The van der Waals surface area contributed by atoms with Crippen molar-refractivity contribution in [2.45, 2.75) is 26.1 Å². The minimum Gasteiger partial charge on any atom is -0.308 e. The van der Waals surface area contributed by atoms with Crippen molar-refractivity contribution in [3.63, 3.8) is 0 Å². The molecule has 1 atom stereocenters. The fourth-order valence-corrected chi connectivity index (χ4v) is 2.33. The van der Waals surface area contributed by atoms with Crippen LogP contribution in [-0.4, -0.2) is 20.7 Å². The van der Waals surface area contributed by atoms with Crippen molar-refractivity contribution in [2.24, 2.45) is 0 Å². The van der Waals surface area contributed by atoms with Crippen LogP contribution >= 0.6 is 11.3 Å². The van der Waals surface area contributed by atoms with E-state index in [1.807, 2.05) is 22.3 Å². The molecular formula is C11H14N4O2S. The zero-order chi connectivity index (χ0) is 13.0. The van der Waals surface area contributed by atoms with E-state index in [-0.39, 0.29) is 16.0 Å². The van der Waals surface area contributed by atoms with Crippen LogP contribution in [0.2, 0.25) is 0 Å². The third-order valence-electron chi connectivity index (χ3n) is 2.49. The molecule has 2 rings (SSSR count). The van der Waals surface area contributed by atoms with E-state index >= 15 is 0 Å². The average Bonchev–Trinajstić information content (AvgIpc) is 2.96. The van der Waals surface area contributed by atoms with Gasteiger partial charge in [-0.25, -0.2) is 0 Å². The molecule has 2 aromatic rings. The lowest BCUT2D eigenvalue weighted by Gasteiger charge is -2.12. The van der Waals surface area contributed by atoms with Crippen molar-refractivity contribution in [1.29, 1.82) is 0 Å². The molecule has 1 unspecified atom stereocenters. The molecule has 0 amide bonds. The highest BCUT2D eigenvalue weighted by Crippen LogP contribution is 2.22. The molecule has 2 aromatic heterocycles. The van der Waals surface area contributed by atoms with Crippen LogP contribution in [0, 0.1) is 10.1 Å². The van der Waals surface area contributed by atoms with E-state index < -0.39 is 0 Å². The SMILES string of the molecule is CC(Cn1cccn1)NCc1csc([N+](=O)[O-])c1. The summed E-state index contributed by atoms with van der Waals surface area (Å²) in [6, 6.07) is 3.75. The fraction of sp³-hybridized carbons (Fsp3) is 0.364. The van der Waals surface area contributed by atoms with E-state index in [1.54, 1.807) is 12.3 Å². The van der Waals surface area contributed by atoms with Crippen LogP contribution < -0.4 is 5.32 Å². The number of thiophene rings is 1. The predicted octanol–water partition coefficient (Wildman–Crippen LogP) is 2.03. The Balaban J connectivity index is 1.81. The Bertz CT molecular complexity index is 509. The summed E-state index contributed by atoms with van der Waals surface area (Å²) in [5.41, 5.74) is 0.944. The lowest BCUT2D eigenvalue weighted by molar-refractivity contribution is -0.380. The maximum atomic E-state index is 10.5. The molecule has 7 heteroatoms. The van der Waals surface area contributed by atoms with Crippen LogP contribution in [0.4, 0.5) is 5.00 Å². The molecule has 0 aliphatic carbocycles. The highest BCUT2D eigenvalue weighted by atomic mass is 32.1. The molecule has 0 saturated carbocycles. The molecule has 0 spiro atoms. The Kier molecular flexibility index (Phi) is 4.06. The molecule has 0 radical (unpaired) electrons. The molecule has 0 aliphatic heterocycles. The molecule has 0 bridgehead atoms. The lowest BCUT2D eigenvalue weighted by Crippen LogP contribution is -2.29. The van der Waals surface area contributed by atoms with Gasteiger partial charge in [0.15, 0.2) is 0 Å². The van der Waals surface area contributed by atoms with Gasteiger partial charge in [-0.1, -0.05) is 11.3 Å². The number of aromatic nitrogens is 2. The van der Waals surface area contributed by atoms with Crippen molar-refractivity contribution < 1.29 is 4.92 Å². The summed E-state index contributed by atoms with van der Waals surface area (Å²) >= 11 is 1.16. The molecular weight excluding hydrogens is 252 g/mol. The van der Waals surface area contributed by atoms with Gasteiger partial charge < -0.3 is 5.32 Å². The van der Waals surface area contributed by atoms with Gasteiger partial charge in [-0.3, -0.25) is 14.8 Å². The van der Waals surface area contributed by atoms with E-state index in [9.17, 15) is 10.1 Å². The largest absolute Gasteiger partial charge is 0.324 e. The van der Waals surface area contributed by atoms with E-state index in [0.717, 1.165) is 23.4 Å². The van der Waals surface area contributed by atoms with Crippen LogP contribution in [0.5, 0.6) is 0 Å². The van der Waals surface area contributed by atoms with Gasteiger partial charge in [-0.05, 0) is 18.6 Å². The second-order valence-corrected chi connectivity index (χ2v) is 4.95. The molecule has 18 heavy (non-hydrogen) atoms. The molecule has 2 heterocycles. The molecule has 6 nitrogen and oxygen atoms in total. The Morgan fingerprint density at radius 3 is 3.11 bits per heavy atom. The van der Waals surface area contributed by atoms with Crippen LogP contribution in [-0.2, 0) is 13.1 Å². The summed E-state index contributed by atoms with van der Waals surface area (Å²) in [5.74, 6) is 0. The predicted molar refractivity (Wildman–Crippen MR) is 69.5 cm³/mol. The van der Waals surface area contributed by atoms with Gasteiger partial charge in [0.05, 0.1) is 11.5 Å². The highest BCUT2D eigenvalue weighted by molar-refractivity contribution is 7.13. The smallest absolute Gasteiger partial charge is 0.308 e. The number of rotatable bonds is 6. The van der Waals surface area contributed by atoms with Crippen LogP contribution in [0.3, 0.4) is 0 Å². The summed E-state index contributed by atoms with van der Waals surface area (Å²) in [5, 5.41) is 20.0. The van der Waals surface area contributed by atoms with Crippen molar-refractivity contribution in [3.8, 4) is 0 Å². The van der Waals surface area contributed by atoms with Gasteiger partial charge in [0.25, 0.3) is 0 Å². The Hall–Kier alpha value is -1.73. The first kappa shape index (κ1) is 12.7. The average molecular weight is 266 g/mol. The third-order valence-corrected chi connectivity index (χ3v) is 3.42. The first-order chi connectivity index (χ1) is 8.65. The topological polar surface area (TPSA) is 73.0 Å². The number of nitrogens with one attached hydrogen (secondary N) is 1. The summed E-state index contributed by atoms with van der Waals surface area (Å²) in [6.45, 7) is 3.47. The molecule has 0 aliphatic rings. The van der Waals surface area contributed by atoms with Crippen LogP contribution in [0.1, 0.15) is 12.5 Å². The van der Waals surface area contributed by atoms with E-state index in [4.69, 9.17) is 0 Å². The van der Waals surface area contributed by atoms with Gasteiger partial charge in [0.2, 0.25) is 0 Å². The second kappa shape index (κ2) is 5.74. The maximum absolute atomic E-state index is 10.5. The minimum atomic E-state index is -0.360. The Labute approximate surface area is 108 Å². The standard InChI is InChI=1S/C11H14N4O2S/c1-9(7-14-4-2-3-13-14)12-6-10-5-11(15(16)17)18-8-10/h2-5,8-9,12H,6-7H2,1H3. The first-order valence-electron chi connectivity index (χ1n) is 5.58. The maximum Gasteiger partial charge on any atom is 0.324 e. The zero-order valence-electron chi connectivity index (χ0n) is 9.94. The first-order valence-corrected chi connectivity index (χ1v) is 6.45. The van der Waals surface area contributed by atoms with Crippen molar-refractivity contribution in [3.05, 3.63) is 45.6 Å². The van der Waals surface area contributed by atoms with E-state index in [0.29, 0.717) is 6.54 Å². The van der Waals surface area contributed by atoms with Crippen LogP contribution in [0.25, 0.3) is 0 Å². The molecule has 96 valence electrons. The van der Waals surface area contributed by atoms with Crippen LogP contribution in [0.15, 0.2) is 29.9 Å². The number of hydrogen-bond donors (Lipinski definition) is 1. The van der Waals surface area contributed by atoms with Gasteiger partial charge in [-0.2, -0.15) is 5.10 Å². The number of nitro groups is 1. The Morgan fingerprint density at radius 1 is 1.67 bits per heavy atom. The summed E-state index contributed by atoms with van der Waals surface area (Å²) in [7, 11) is 0. The quantitative estimate of drug-likeness (QED) is 0.641. The minimum absolute atomic E-state index is 0.187. The van der Waals surface area contributed by atoms with E-state index in [2.05, 4.69) is 17.3 Å². The Morgan fingerprint density at radius 2 is 2.50 bits per heavy atom. The molecule has 1 N–H and O–H groups in total. The monoisotopic (exact) mass is 266 g/mol. The summed E-state index contributed by atoms with van der Waals surface area (Å²) < 4.78 is 1.85. The van der Waals surface area contributed by atoms with Gasteiger partial charge >= 0.3 is 5.00 Å². The summed E-state index contributed by atoms with van der Waals surface area (Å²) in [6.07, 6.45) is 3.66. The second-order valence-electron chi connectivity index (χ2n) is 4.06. The number of hydrogen-bond acceptors (Lipinski definition) is 5. The fourth-order valence-electron chi connectivity index (χ4n) is 1.60.